The third-order valence-corrected chi connectivity index (χ3v) is 7.48. The molecule has 0 bridgehead atoms. The van der Waals surface area contributed by atoms with Gasteiger partial charge in [0.1, 0.15) is 5.82 Å². The van der Waals surface area contributed by atoms with E-state index in [4.69, 9.17) is 11.6 Å². The van der Waals surface area contributed by atoms with Crippen LogP contribution in [0.25, 0.3) is 10.6 Å². The molecule has 2 heterocycles. The Kier molecular flexibility index (Phi) is 6.05. The summed E-state index contributed by atoms with van der Waals surface area (Å²) in [5, 5.41) is 4.98. The van der Waals surface area contributed by atoms with Crippen molar-refractivity contribution in [2.45, 2.75) is 4.90 Å². The van der Waals surface area contributed by atoms with Gasteiger partial charge >= 0.3 is 0 Å². The molecule has 0 unspecified atom stereocenters. The van der Waals surface area contributed by atoms with Crippen molar-refractivity contribution in [2.24, 2.45) is 0 Å². The number of amides is 1. The van der Waals surface area contributed by atoms with Gasteiger partial charge < -0.3 is 0 Å². The number of thiazole rings is 1. The Morgan fingerprint density at radius 2 is 1.71 bits per heavy atom. The summed E-state index contributed by atoms with van der Waals surface area (Å²) in [7, 11) is -3.87. The summed E-state index contributed by atoms with van der Waals surface area (Å²) in [6.45, 7) is 0. The fourth-order valence-electron chi connectivity index (χ4n) is 2.58. The van der Waals surface area contributed by atoms with Gasteiger partial charge in [-0.05, 0) is 60.7 Å². The van der Waals surface area contributed by atoms with E-state index in [0.29, 0.717) is 15.0 Å². The van der Waals surface area contributed by atoms with Crippen LogP contribution >= 0.6 is 34.3 Å². The van der Waals surface area contributed by atoms with Gasteiger partial charge in [-0.2, -0.15) is 0 Å². The van der Waals surface area contributed by atoms with Crippen LogP contribution in [-0.4, -0.2) is 19.3 Å². The summed E-state index contributed by atoms with van der Waals surface area (Å²) in [5.74, 6) is -0.904. The highest BCUT2D eigenvalue weighted by Crippen LogP contribution is 2.33. The molecule has 11 heteroatoms. The second-order valence-corrected chi connectivity index (χ2v) is 10.5. The van der Waals surface area contributed by atoms with Crippen molar-refractivity contribution in [2.75, 3.05) is 10.0 Å². The van der Waals surface area contributed by atoms with E-state index in [1.165, 1.54) is 59.1 Å². The number of hydrogen-bond acceptors (Lipinski definition) is 6. The second-order valence-electron chi connectivity index (χ2n) is 6.23. The number of benzene rings is 2. The summed E-state index contributed by atoms with van der Waals surface area (Å²) in [6.07, 6.45) is 0. The average Bonchev–Trinajstić information content (AvgIpc) is 3.37. The van der Waals surface area contributed by atoms with Gasteiger partial charge in [-0.25, -0.2) is 17.8 Å². The lowest BCUT2D eigenvalue weighted by molar-refractivity contribution is 0.102. The van der Waals surface area contributed by atoms with Gasteiger partial charge in [0.2, 0.25) is 0 Å². The van der Waals surface area contributed by atoms with Crippen LogP contribution in [0.4, 0.5) is 15.2 Å². The number of halogens is 2. The summed E-state index contributed by atoms with van der Waals surface area (Å²) in [5.41, 5.74) is 1.33. The Balaban J connectivity index is 1.42. The Hall–Kier alpha value is -2.79. The van der Waals surface area contributed by atoms with Crippen LogP contribution < -0.4 is 10.0 Å². The molecular formula is C20H13ClFN3O3S3. The predicted octanol–water partition coefficient (Wildman–Crippen LogP) is 5.72. The normalized spacial score (nSPS) is 11.3. The van der Waals surface area contributed by atoms with Crippen molar-refractivity contribution in [3.63, 3.8) is 0 Å². The number of aromatic nitrogens is 1. The minimum absolute atomic E-state index is 0.0673. The van der Waals surface area contributed by atoms with Crippen LogP contribution in [0, 0.1) is 5.82 Å². The largest absolute Gasteiger partial charge is 0.298 e. The maximum Gasteiger partial charge on any atom is 0.261 e. The standard InChI is InChI=1S/C20H13ClFN3O3S3/c21-18-10-9-17(30-18)16-11-29-20(23-16)24-19(26)12-1-5-14(6-2-12)25-31(27,28)15-7-3-13(22)4-8-15/h1-11,25H,(H,23,24,26). The molecule has 4 aromatic rings. The van der Waals surface area contributed by atoms with Gasteiger partial charge in [-0.3, -0.25) is 14.8 Å². The molecule has 6 nitrogen and oxygen atoms in total. The summed E-state index contributed by atoms with van der Waals surface area (Å²) in [4.78, 5) is 17.7. The molecule has 0 saturated carbocycles. The van der Waals surface area contributed by atoms with Gasteiger partial charge in [0, 0.05) is 16.6 Å². The number of hydrogen-bond donors (Lipinski definition) is 2. The molecule has 31 heavy (non-hydrogen) atoms. The third kappa shape index (κ3) is 5.10. The molecule has 2 N–H and O–H groups in total. The molecule has 4 rings (SSSR count). The van der Waals surface area contributed by atoms with Gasteiger partial charge in [0.15, 0.2) is 5.13 Å². The molecule has 2 aromatic heterocycles. The molecule has 1 amide bonds. The summed E-state index contributed by atoms with van der Waals surface area (Å²) >= 11 is 8.63. The number of carbonyl (C=O) groups is 1. The van der Waals surface area contributed by atoms with Gasteiger partial charge in [0.25, 0.3) is 15.9 Å². The number of carbonyl (C=O) groups excluding carboxylic acids is 1. The van der Waals surface area contributed by atoms with Crippen molar-refractivity contribution in [1.29, 1.82) is 0 Å². The first-order valence-electron chi connectivity index (χ1n) is 8.71. The molecular weight excluding hydrogens is 481 g/mol. The lowest BCUT2D eigenvalue weighted by atomic mass is 10.2. The van der Waals surface area contributed by atoms with Crippen LogP contribution in [0.5, 0.6) is 0 Å². The van der Waals surface area contributed by atoms with Gasteiger partial charge in [0.05, 0.1) is 19.8 Å². The minimum Gasteiger partial charge on any atom is -0.298 e. The maximum absolute atomic E-state index is 13.0. The first-order valence-corrected chi connectivity index (χ1v) is 12.3. The van der Waals surface area contributed by atoms with E-state index in [9.17, 15) is 17.6 Å². The number of sulfonamides is 1. The van der Waals surface area contributed by atoms with Crippen LogP contribution in [0.15, 0.2) is 70.9 Å². The van der Waals surface area contributed by atoms with Crippen molar-refractivity contribution in [1.82, 2.24) is 4.98 Å². The predicted molar refractivity (Wildman–Crippen MR) is 122 cm³/mol. The van der Waals surface area contributed by atoms with E-state index < -0.39 is 15.8 Å². The SMILES string of the molecule is O=C(Nc1nc(-c2ccc(Cl)s2)cs1)c1ccc(NS(=O)(=O)c2ccc(F)cc2)cc1. The van der Waals surface area contributed by atoms with E-state index in [1.54, 1.807) is 6.07 Å². The minimum atomic E-state index is -3.87. The first kappa shape index (κ1) is 21.4. The van der Waals surface area contributed by atoms with Crippen molar-refractivity contribution < 1.29 is 17.6 Å². The molecule has 0 radical (unpaired) electrons. The monoisotopic (exact) mass is 493 g/mol. The Bertz CT molecular complexity index is 1330. The molecule has 0 aliphatic heterocycles. The molecule has 2 aromatic carbocycles. The van der Waals surface area contributed by atoms with E-state index in [-0.39, 0.29) is 16.5 Å². The molecule has 0 saturated heterocycles. The van der Waals surface area contributed by atoms with Crippen LogP contribution in [0.3, 0.4) is 0 Å². The van der Waals surface area contributed by atoms with Crippen LogP contribution in [0.1, 0.15) is 10.4 Å². The van der Waals surface area contributed by atoms with E-state index >= 15 is 0 Å². The van der Waals surface area contributed by atoms with Gasteiger partial charge in [-0.1, -0.05) is 11.6 Å². The van der Waals surface area contributed by atoms with Gasteiger partial charge in [-0.15, -0.1) is 22.7 Å². The van der Waals surface area contributed by atoms with E-state index in [0.717, 1.165) is 22.7 Å². The molecule has 0 spiro atoms. The highest BCUT2D eigenvalue weighted by atomic mass is 35.5. The number of nitrogens with one attached hydrogen (secondary N) is 2. The number of nitrogens with zero attached hydrogens (tertiary/aromatic N) is 1. The highest BCUT2D eigenvalue weighted by Gasteiger charge is 2.15. The molecule has 158 valence electrons. The van der Waals surface area contributed by atoms with Crippen molar-refractivity contribution in [3.8, 4) is 10.6 Å². The lowest BCUT2D eigenvalue weighted by Gasteiger charge is -2.09. The fourth-order valence-corrected chi connectivity index (χ4v) is 5.43. The Morgan fingerprint density at radius 3 is 2.35 bits per heavy atom. The van der Waals surface area contributed by atoms with E-state index in [2.05, 4.69) is 15.0 Å². The molecule has 0 atom stereocenters. The third-order valence-electron chi connectivity index (χ3n) is 4.07. The van der Waals surface area contributed by atoms with E-state index in [1.807, 2.05) is 11.4 Å². The highest BCUT2D eigenvalue weighted by molar-refractivity contribution is 7.92. The Labute approximate surface area is 190 Å². The van der Waals surface area contributed by atoms with Crippen molar-refractivity contribution >= 4 is 61.0 Å². The molecule has 0 aliphatic carbocycles. The quantitative estimate of drug-likeness (QED) is 0.359. The lowest BCUT2D eigenvalue weighted by Crippen LogP contribution is -2.14. The smallest absolute Gasteiger partial charge is 0.261 e. The zero-order valence-electron chi connectivity index (χ0n) is 15.5. The molecule has 0 aliphatic rings. The van der Waals surface area contributed by atoms with Crippen LogP contribution in [0.2, 0.25) is 4.34 Å². The molecule has 0 fully saturated rings. The second kappa shape index (κ2) is 8.75. The average molecular weight is 494 g/mol. The number of anilines is 2. The zero-order chi connectivity index (χ0) is 22.0. The topological polar surface area (TPSA) is 88.2 Å². The first-order chi connectivity index (χ1) is 14.8. The summed E-state index contributed by atoms with van der Waals surface area (Å²) in [6, 6.07) is 14.0. The van der Waals surface area contributed by atoms with Crippen molar-refractivity contribution in [3.05, 3.63) is 81.8 Å². The zero-order valence-corrected chi connectivity index (χ0v) is 18.7. The number of rotatable bonds is 6. The fraction of sp³-hybridized carbons (Fsp3) is 0. The van der Waals surface area contributed by atoms with Crippen LogP contribution in [-0.2, 0) is 10.0 Å². The maximum atomic E-state index is 13.0. The Morgan fingerprint density at radius 1 is 1.00 bits per heavy atom. The summed E-state index contributed by atoms with van der Waals surface area (Å²) < 4.78 is 40.8. The number of thiophene rings is 1.